The Morgan fingerprint density at radius 1 is 1.09 bits per heavy atom. The van der Waals surface area contributed by atoms with E-state index in [-0.39, 0.29) is 0 Å². The highest BCUT2D eigenvalue weighted by molar-refractivity contribution is 4.78. The van der Waals surface area contributed by atoms with Crippen LogP contribution in [0.5, 0.6) is 0 Å². The molecule has 2 unspecified atom stereocenters. The van der Waals surface area contributed by atoms with Gasteiger partial charge in [-0.2, -0.15) is 9.81 Å². The van der Waals surface area contributed by atoms with E-state index in [1.807, 2.05) is 13.8 Å². The van der Waals surface area contributed by atoms with E-state index in [9.17, 15) is 9.81 Å². The van der Waals surface area contributed by atoms with Gasteiger partial charge in [0.15, 0.2) is 0 Å². The Bertz CT molecular complexity index is 136. The average molecular weight is 158 g/mol. The summed E-state index contributed by atoms with van der Waals surface area (Å²) in [6.45, 7) is 5.58. The van der Waals surface area contributed by atoms with Gasteiger partial charge in [-0.3, -0.25) is 0 Å². The minimum atomic E-state index is -0.491. The third-order valence-electron chi connectivity index (χ3n) is 1.57. The highest BCUT2D eigenvalue weighted by Crippen LogP contribution is 2.13. The Labute approximate surface area is 66.3 Å². The smallest absolute Gasteiger partial charge is 0.118 e. The van der Waals surface area contributed by atoms with Crippen LogP contribution < -0.4 is 0 Å². The first-order valence-electron chi connectivity index (χ1n) is 3.76. The SMILES string of the molecule is CC(C)CC(N=O)C(C)N=O. The summed E-state index contributed by atoms with van der Waals surface area (Å²) in [6, 6.07) is -0.942. The summed E-state index contributed by atoms with van der Waals surface area (Å²) < 4.78 is 0. The standard InChI is InChI=1S/C7H14N2O2/c1-5(2)4-7(9-11)6(3)8-10/h5-7H,4H2,1-3H3. The molecule has 0 bridgehead atoms. The van der Waals surface area contributed by atoms with Gasteiger partial charge in [-0.25, -0.2) is 0 Å². The van der Waals surface area contributed by atoms with Crippen molar-refractivity contribution in [2.75, 3.05) is 0 Å². The summed E-state index contributed by atoms with van der Waals surface area (Å²) in [6.07, 6.45) is 0.635. The van der Waals surface area contributed by atoms with Crippen molar-refractivity contribution >= 4 is 0 Å². The molecule has 0 fully saturated rings. The van der Waals surface area contributed by atoms with Crippen molar-refractivity contribution in [2.24, 2.45) is 16.3 Å². The van der Waals surface area contributed by atoms with E-state index in [0.29, 0.717) is 12.3 Å². The molecule has 0 aliphatic heterocycles. The summed E-state index contributed by atoms with van der Waals surface area (Å²) in [7, 11) is 0. The molecule has 0 heterocycles. The van der Waals surface area contributed by atoms with Crippen LogP contribution in [0.2, 0.25) is 0 Å². The molecular formula is C7H14N2O2. The molecule has 0 spiro atoms. The Morgan fingerprint density at radius 3 is 1.91 bits per heavy atom. The van der Waals surface area contributed by atoms with Gasteiger partial charge >= 0.3 is 0 Å². The number of nitroso groups, excluding NO2 is 2. The molecule has 0 aliphatic carbocycles. The van der Waals surface area contributed by atoms with Gasteiger partial charge in [0.1, 0.15) is 12.1 Å². The normalized spacial score (nSPS) is 16.0. The highest BCUT2D eigenvalue weighted by atomic mass is 16.3. The number of hydrogen-bond donors (Lipinski definition) is 0. The Balaban J connectivity index is 3.93. The van der Waals surface area contributed by atoms with Crippen LogP contribution in [0.15, 0.2) is 10.4 Å². The zero-order valence-electron chi connectivity index (χ0n) is 7.15. The molecule has 0 aromatic carbocycles. The van der Waals surface area contributed by atoms with E-state index in [1.165, 1.54) is 0 Å². The zero-order chi connectivity index (χ0) is 8.85. The highest BCUT2D eigenvalue weighted by Gasteiger charge is 2.19. The predicted molar refractivity (Wildman–Crippen MR) is 44.3 cm³/mol. The van der Waals surface area contributed by atoms with Crippen molar-refractivity contribution in [1.29, 1.82) is 0 Å². The summed E-state index contributed by atoms with van der Waals surface area (Å²) in [4.78, 5) is 20.2. The van der Waals surface area contributed by atoms with E-state index < -0.39 is 12.1 Å². The first-order valence-corrected chi connectivity index (χ1v) is 3.76. The van der Waals surface area contributed by atoms with Crippen LogP contribution in [-0.2, 0) is 0 Å². The lowest BCUT2D eigenvalue weighted by molar-refractivity contribution is 0.447. The van der Waals surface area contributed by atoms with Crippen LogP contribution in [0.4, 0.5) is 0 Å². The van der Waals surface area contributed by atoms with Crippen LogP contribution in [0.25, 0.3) is 0 Å². The minimum absolute atomic E-state index is 0.377. The van der Waals surface area contributed by atoms with Crippen LogP contribution in [0.1, 0.15) is 27.2 Å². The lowest BCUT2D eigenvalue weighted by Gasteiger charge is -2.12. The van der Waals surface area contributed by atoms with Gasteiger partial charge < -0.3 is 0 Å². The fraction of sp³-hybridized carbons (Fsp3) is 1.00. The van der Waals surface area contributed by atoms with E-state index >= 15 is 0 Å². The van der Waals surface area contributed by atoms with Crippen molar-refractivity contribution in [3.05, 3.63) is 9.81 Å². The fourth-order valence-electron chi connectivity index (χ4n) is 0.881. The molecule has 0 N–H and O–H groups in total. The Hall–Kier alpha value is -0.800. The maximum absolute atomic E-state index is 10.2. The largest absolute Gasteiger partial charge is 0.150 e. The van der Waals surface area contributed by atoms with Crippen molar-refractivity contribution in [1.82, 2.24) is 0 Å². The maximum Gasteiger partial charge on any atom is 0.118 e. The minimum Gasteiger partial charge on any atom is -0.150 e. The molecule has 0 aliphatic rings. The monoisotopic (exact) mass is 158 g/mol. The molecule has 0 amide bonds. The summed E-state index contributed by atoms with van der Waals surface area (Å²) in [5.41, 5.74) is 0. The van der Waals surface area contributed by atoms with E-state index in [2.05, 4.69) is 10.4 Å². The topological polar surface area (TPSA) is 58.9 Å². The molecular weight excluding hydrogens is 144 g/mol. The molecule has 2 atom stereocenters. The van der Waals surface area contributed by atoms with Gasteiger partial charge in [0, 0.05) is 0 Å². The fourth-order valence-corrected chi connectivity index (χ4v) is 0.881. The first kappa shape index (κ1) is 10.2. The number of rotatable bonds is 5. The average Bonchev–Trinajstić information content (AvgIpc) is 1.98. The molecule has 0 saturated heterocycles. The quantitative estimate of drug-likeness (QED) is 0.576. The summed E-state index contributed by atoms with van der Waals surface area (Å²) in [5, 5.41) is 5.62. The Kier molecular flexibility index (Phi) is 4.57. The summed E-state index contributed by atoms with van der Waals surface area (Å²) in [5.74, 6) is 0.377. The summed E-state index contributed by atoms with van der Waals surface area (Å²) >= 11 is 0. The van der Waals surface area contributed by atoms with E-state index in [4.69, 9.17) is 0 Å². The van der Waals surface area contributed by atoms with Crippen LogP contribution in [0, 0.1) is 15.7 Å². The third kappa shape index (κ3) is 3.80. The van der Waals surface area contributed by atoms with E-state index in [0.717, 1.165) is 0 Å². The van der Waals surface area contributed by atoms with Crippen molar-refractivity contribution < 1.29 is 0 Å². The molecule has 0 radical (unpaired) electrons. The lowest BCUT2D eigenvalue weighted by Crippen LogP contribution is -2.20. The van der Waals surface area contributed by atoms with Crippen molar-refractivity contribution in [3.63, 3.8) is 0 Å². The second kappa shape index (κ2) is 4.93. The lowest BCUT2D eigenvalue weighted by atomic mass is 10.00. The molecule has 11 heavy (non-hydrogen) atoms. The predicted octanol–water partition coefficient (Wildman–Crippen LogP) is 2.32. The van der Waals surface area contributed by atoms with Gasteiger partial charge in [0.05, 0.1) is 0 Å². The maximum atomic E-state index is 10.2. The van der Waals surface area contributed by atoms with Gasteiger partial charge in [-0.05, 0) is 19.3 Å². The molecule has 0 rings (SSSR count). The molecule has 0 saturated carbocycles. The number of nitrogens with zero attached hydrogens (tertiary/aromatic N) is 2. The van der Waals surface area contributed by atoms with Crippen LogP contribution in [-0.4, -0.2) is 12.1 Å². The molecule has 4 heteroatoms. The van der Waals surface area contributed by atoms with Gasteiger partial charge in [0.25, 0.3) is 0 Å². The Morgan fingerprint density at radius 2 is 1.64 bits per heavy atom. The molecule has 0 aromatic heterocycles. The molecule has 0 aromatic rings. The van der Waals surface area contributed by atoms with Crippen molar-refractivity contribution in [2.45, 2.75) is 39.3 Å². The van der Waals surface area contributed by atoms with Gasteiger partial charge in [-0.1, -0.05) is 24.2 Å². The van der Waals surface area contributed by atoms with Gasteiger partial charge in [-0.15, -0.1) is 0 Å². The second-order valence-corrected chi connectivity index (χ2v) is 3.15. The van der Waals surface area contributed by atoms with E-state index in [1.54, 1.807) is 6.92 Å². The van der Waals surface area contributed by atoms with Crippen molar-refractivity contribution in [3.8, 4) is 0 Å². The van der Waals surface area contributed by atoms with Gasteiger partial charge in [0.2, 0.25) is 0 Å². The van der Waals surface area contributed by atoms with Crippen LogP contribution in [0.3, 0.4) is 0 Å². The zero-order valence-corrected chi connectivity index (χ0v) is 7.15. The third-order valence-corrected chi connectivity index (χ3v) is 1.57. The second-order valence-electron chi connectivity index (χ2n) is 3.15. The molecule has 4 nitrogen and oxygen atoms in total. The van der Waals surface area contributed by atoms with Crippen LogP contribution >= 0.6 is 0 Å². The first-order chi connectivity index (χ1) is 5.11. The number of hydrogen-bond acceptors (Lipinski definition) is 4. The molecule has 64 valence electrons.